The second-order valence-corrected chi connectivity index (χ2v) is 5.78. The van der Waals surface area contributed by atoms with E-state index in [1.165, 1.54) is 0 Å². The number of rotatable bonds is 9. The third-order valence-corrected chi connectivity index (χ3v) is 2.85. The fourth-order valence-electron chi connectivity index (χ4n) is 0.912. The van der Waals surface area contributed by atoms with Crippen LogP contribution in [0.25, 0.3) is 0 Å². The summed E-state index contributed by atoms with van der Waals surface area (Å²) in [6.45, 7) is 7.23. The lowest BCUT2D eigenvalue weighted by Crippen LogP contribution is -2.41. The van der Waals surface area contributed by atoms with Crippen LogP contribution in [0.1, 0.15) is 20.8 Å². The van der Waals surface area contributed by atoms with Crippen molar-refractivity contribution in [1.82, 2.24) is 14.8 Å². The van der Waals surface area contributed by atoms with Crippen molar-refractivity contribution in [2.45, 2.75) is 26.9 Å². The van der Waals surface area contributed by atoms with Gasteiger partial charge in [0.15, 0.2) is 0 Å². The van der Waals surface area contributed by atoms with Crippen LogP contribution in [0.5, 0.6) is 0 Å². The highest BCUT2D eigenvalue weighted by Crippen LogP contribution is 1.88. The lowest BCUT2D eigenvalue weighted by molar-refractivity contribution is 0.192. The Balaban J connectivity index is 3.59. The molecule has 0 aromatic heterocycles. The summed E-state index contributed by atoms with van der Waals surface area (Å²) in [5, 5.41) is 11.9. The fraction of sp³-hybridized carbons (Fsp3) is 1.00. The van der Waals surface area contributed by atoms with E-state index in [-0.39, 0.29) is 5.92 Å². The third kappa shape index (κ3) is 10.3. The molecule has 1 unspecified atom stereocenters. The monoisotopic (exact) mass is 253 g/mol. The van der Waals surface area contributed by atoms with E-state index in [0.717, 1.165) is 0 Å². The van der Waals surface area contributed by atoms with Crippen molar-refractivity contribution in [3.05, 3.63) is 0 Å². The Morgan fingerprint density at radius 1 is 1.06 bits per heavy atom. The van der Waals surface area contributed by atoms with E-state index < -0.39 is 16.3 Å². The van der Waals surface area contributed by atoms with E-state index >= 15 is 0 Å². The highest BCUT2D eigenvalue weighted by molar-refractivity contribution is 7.87. The Morgan fingerprint density at radius 3 is 2.19 bits per heavy atom. The lowest BCUT2D eigenvalue weighted by atomic mass is 10.2. The van der Waals surface area contributed by atoms with Gasteiger partial charge >= 0.3 is 0 Å². The first-order valence-electron chi connectivity index (χ1n) is 5.46. The molecule has 0 rings (SSSR count). The predicted octanol–water partition coefficient (Wildman–Crippen LogP) is -0.963. The molecule has 0 heterocycles. The first kappa shape index (κ1) is 15.8. The normalized spacial score (nSPS) is 14.3. The summed E-state index contributed by atoms with van der Waals surface area (Å²) in [7, 11) is -3.38. The minimum Gasteiger partial charge on any atom is -0.392 e. The molecular weight excluding hydrogens is 230 g/mol. The van der Waals surface area contributed by atoms with Gasteiger partial charge < -0.3 is 10.4 Å². The van der Waals surface area contributed by atoms with Gasteiger partial charge in [0.2, 0.25) is 0 Å². The molecule has 0 saturated heterocycles. The van der Waals surface area contributed by atoms with E-state index in [4.69, 9.17) is 5.11 Å². The van der Waals surface area contributed by atoms with Crippen molar-refractivity contribution in [2.24, 2.45) is 5.92 Å². The number of aliphatic hydroxyl groups excluding tert-OH is 1. The Bertz CT molecular complexity index is 265. The number of aliphatic hydroxyl groups is 1. The molecule has 0 spiro atoms. The molecule has 98 valence electrons. The highest BCUT2D eigenvalue weighted by Gasteiger charge is 2.08. The average molecular weight is 253 g/mol. The quantitative estimate of drug-likeness (QED) is 0.398. The van der Waals surface area contributed by atoms with Crippen LogP contribution in [-0.4, -0.2) is 45.8 Å². The van der Waals surface area contributed by atoms with Gasteiger partial charge in [-0.1, -0.05) is 13.8 Å². The standard InChI is InChI=1S/C9H23N3O3S/c1-8(2)6-12-16(14,15)11-5-4-10-7-9(3)13/h8-13H,4-7H2,1-3H3. The number of hydrogen-bond acceptors (Lipinski definition) is 4. The van der Waals surface area contributed by atoms with Gasteiger partial charge in [0.25, 0.3) is 10.2 Å². The van der Waals surface area contributed by atoms with E-state index in [1.807, 2.05) is 13.8 Å². The van der Waals surface area contributed by atoms with Gasteiger partial charge in [-0.05, 0) is 12.8 Å². The van der Waals surface area contributed by atoms with Crippen molar-refractivity contribution < 1.29 is 13.5 Å². The summed E-state index contributed by atoms with van der Waals surface area (Å²) in [5.74, 6) is 0.282. The van der Waals surface area contributed by atoms with Crippen LogP contribution in [0.4, 0.5) is 0 Å². The average Bonchev–Trinajstić information content (AvgIpc) is 2.14. The molecule has 0 aromatic carbocycles. The van der Waals surface area contributed by atoms with Gasteiger partial charge in [-0.3, -0.25) is 0 Å². The van der Waals surface area contributed by atoms with Gasteiger partial charge in [0, 0.05) is 26.2 Å². The first-order chi connectivity index (χ1) is 7.33. The van der Waals surface area contributed by atoms with Gasteiger partial charge in [-0.25, -0.2) is 9.44 Å². The molecule has 0 amide bonds. The van der Waals surface area contributed by atoms with Crippen LogP contribution in [0, 0.1) is 5.92 Å². The maximum atomic E-state index is 11.3. The van der Waals surface area contributed by atoms with Crippen molar-refractivity contribution in [2.75, 3.05) is 26.2 Å². The molecular formula is C9H23N3O3S. The fourth-order valence-corrected chi connectivity index (χ4v) is 1.94. The summed E-state index contributed by atoms with van der Waals surface area (Å²) < 4.78 is 27.5. The second kappa shape index (κ2) is 7.97. The molecule has 0 aliphatic rings. The molecule has 0 fully saturated rings. The summed E-state index contributed by atoms with van der Waals surface area (Å²) in [6.07, 6.45) is -0.421. The maximum absolute atomic E-state index is 11.3. The Morgan fingerprint density at radius 2 is 1.69 bits per heavy atom. The molecule has 0 bridgehead atoms. The van der Waals surface area contributed by atoms with Gasteiger partial charge in [0.05, 0.1) is 6.10 Å². The van der Waals surface area contributed by atoms with Crippen molar-refractivity contribution in [1.29, 1.82) is 0 Å². The van der Waals surface area contributed by atoms with Crippen molar-refractivity contribution in [3.63, 3.8) is 0 Å². The zero-order valence-corrected chi connectivity index (χ0v) is 11.0. The van der Waals surface area contributed by atoms with Crippen molar-refractivity contribution in [3.8, 4) is 0 Å². The highest BCUT2D eigenvalue weighted by atomic mass is 32.2. The smallest absolute Gasteiger partial charge is 0.276 e. The SMILES string of the molecule is CC(C)CNS(=O)(=O)NCCNCC(C)O. The molecule has 4 N–H and O–H groups in total. The minimum absolute atomic E-state index is 0.282. The zero-order valence-electron chi connectivity index (χ0n) is 10.2. The number of nitrogens with one attached hydrogen (secondary N) is 3. The molecule has 0 saturated carbocycles. The molecule has 1 atom stereocenters. The Labute approximate surface area is 98.0 Å². The van der Waals surface area contributed by atoms with Crippen LogP contribution >= 0.6 is 0 Å². The van der Waals surface area contributed by atoms with Gasteiger partial charge in [-0.15, -0.1) is 0 Å². The van der Waals surface area contributed by atoms with Gasteiger partial charge in [-0.2, -0.15) is 8.42 Å². The predicted molar refractivity (Wildman–Crippen MR) is 64.3 cm³/mol. The largest absolute Gasteiger partial charge is 0.392 e. The van der Waals surface area contributed by atoms with Crippen LogP contribution in [-0.2, 0) is 10.2 Å². The molecule has 6 nitrogen and oxygen atoms in total. The minimum atomic E-state index is -3.38. The molecule has 16 heavy (non-hydrogen) atoms. The summed E-state index contributed by atoms with van der Waals surface area (Å²) >= 11 is 0. The second-order valence-electron chi connectivity index (χ2n) is 4.19. The summed E-state index contributed by atoms with van der Waals surface area (Å²) in [4.78, 5) is 0. The zero-order chi connectivity index (χ0) is 12.6. The molecule has 7 heteroatoms. The lowest BCUT2D eigenvalue weighted by Gasteiger charge is -2.10. The molecule has 0 aliphatic heterocycles. The van der Waals surface area contributed by atoms with Gasteiger partial charge in [0.1, 0.15) is 0 Å². The first-order valence-corrected chi connectivity index (χ1v) is 6.95. The van der Waals surface area contributed by atoms with Crippen LogP contribution in [0.2, 0.25) is 0 Å². The molecule has 0 aromatic rings. The third-order valence-electron chi connectivity index (χ3n) is 1.72. The Hall–Kier alpha value is -0.210. The summed E-state index contributed by atoms with van der Waals surface area (Å²) in [5.41, 5.74) is 0. The van der Waals surface area contributed by atoms with Crippen LogP contribution in [0.15, 0.2) is 0 Å². The topological polar surface area (TPSA) is 90.5 Å². The Kier molecular flexibility index (Phi) is 7.86. The van der Waals surface area contributed by atoms with Crippen molar-refractivity contribution >= 4 is 10.2 Å². The van der Waals surface area contributed by atoms with E-state index in [9.17, 15) is 8.42 Å². The van der Waals surface area contributed by atoms with Crippen LogP contribution in [0.3, 0.4) is 0 Å². The summed E-state index contributed by atoms with van der Waals surface area (Å²) in [6, 6.07) is 0. The number of hydrogen-bond donors (Lipinski definition) is 4. The maximum Gasteiger partial charge on any atom is 0.276 e. The molecule has 0 aliphatic carbocycles. The molecule has 0 radical (unpaired) electrons. The van der Waals surface area contributed by atoms with E-state index in [1.54, 1.807) is 6.92 Å². The van der Waals surface area contributed by atoms with E-state index in [2.05, 4.69) is 14.8 Å². The van der Waals surface area contributed by atoms with Crippen LogP contribution < -0.4 is 14.8 Å². The van der Waals surface area contributed by atoms with E-state index in [0.29, 0.717) is 26.2 Å².